The molecule has 1 aromatic rings. The van der Waals surface area contributed by atoms with E-state index in [2.05, 4.69) is 11.2 Å². The summed E-state index contributed by atoms with van der Waals surface area (Å²) < 4.78 is 5.20. The first-order valence-electron chi connectivity index (χ1n) is 5.82. The first kappa shape index (κ1) is 13.0. The molecule has 5 heteroatoms. The van der Waals surface area contributed by atoms with Crippen molar-refractivity contribution < 1.29 is 9.53 Å². The number of benzene rings is 1. The Labute approximate surface area is 112 Å². The van der Waals surface area contributed by atoms with Gasteiger partial charge in [0.1, 0.15) is 17.6 Å². The first-order chi connectivity index (χ1) is 9.08. The summed E-state index contributed by atoms with van der Waals surface area (Å²) in [5, 5.41) is 10.4. The highest BCUT2D eigenvalue weighted by molar-refractivity contribution is 6.06. The molecule has 1 aromatic carbocycles. The minimum absolute atomic E-state index is 0.143. The molecule has 2 rings (SSSR count). The monoisotopic (exact) mass is 257 g/mol. The topological polar surface area (TPSA) is 65.4 Å². The third-order valence-corrected chi connectivity index (χ3v) is 3.08. The summed E-state index contributed by atoms with van der Waals surface area (Å²) in [5.74, 6) is 3.36. The molecule has 0 aromatic heterocycles. The Kier molecular flexibility index (Phi) is 3.43. The Morgan fingerprint density at radius 2 is 2.32 bits per heavy atom. The van der Waals surface area contributed by atoms with Gasteiger partial charge in [0.05, 0.1) is 13.7 Å². The van der Waals surface area contributed by atoms with Crippen molar-refractivity contribution >= 4 is 11.9 Å². The van der Waals surface area contributed by atoms with Crippen molar-refractivity contribution in [3.8, 4) is 18.1 Å². The molecular formula is C14H15N3O2. The molecule has 0 aliphatic carbocycles. The fourth-order valence-corrected chi connectivity index (χ4v) is 2.21. The summed E-state index contributed by atoms with van der Waals surface area (Å²) in [6.07, 6.45) is 5.27. The Balaban J connectivity index is 2.39. The van der Waals surface area contributed by atoms with Crippen LogP contribution in [0.15, 0.2) is 18.2 Å². The SMILES string of the molecule is C#CCN1C(=O)NC(=N)C1c1ccc(OC)c(C)c1. The first-order valence-corrected chi connectivity index (χ1v) is 5.82. The van der Waals surface area contributed by atoms with Gasteiger partial charge in [-0.15, -0.1) is 6.42 Å². The molecule has 0 saturated carbocycles. The number of hydrogen-bond donors (Lipinski definition) is 2. The van der Waals surface area contributed by atoms with Gasteiger partial charge >= 0.3 is 6.03 Å². The predicted octanol–water partition coefficient (Wildman–Crippen LogP) is 1.68. The fourth-order valence-electron chi connectivity index (χ4n) is 2.21. The van der Waals surface area contributed by atoms with Crippen molar-refractivity contribution in [3.05, 3.63) is 29.3 Å². The highest BCUT2D eigenvalue weighted by Crippen LogP contribution is 2.29. The number of rotatable bonds is 3. The van der Waals surface area contributed by atoms with Crippen molar-refractivity contribution in [1.82, 2.24) is 10.2 Å². The maximum absolute atomic E-state index is 11.7. The van der Waals surface area contributed by atoms with E-state index < -0.39 is 6.04 Å². The average Bonchev–Trinajstić information content (AvgIpc) is 2.65. The zero-order chi connectivity index (χ0) is 14.0. The number of amides is 2. The lowest BCUT2D eigenvalue weighted by Crippen LogP contribution is -2.30. The standard InChI is InChI=1S/C14H15N3O2/c1-4-7-17-12(13(15)16-14(17)18)10-5-6-11(19-3)9(2)8-10/h1,5-6,8,12H,7H2,2-3H3,(H2,15,16,18). The van der Waals surface area contributed by atoms with Crippen LogP contribution in [-0.4, -0.2) is 30.4 Å². The van der Waals surface area contributed by atoms with Crippen molar-refractivity contribution in [2.75, 3.05) is 13.7 Å². The van der Waals surface area contributed by atoms with E-state index in [1.807, 2.05) is 25.1 Å². The summed E-state index contributed by atoms with van der Waals surface area (Å²) >= 11 is 0. The second-order valence-corrected chi connectivity index (χ2v) is 4.31. The number of methoxy groups -OCH3 is 1. The van der Waals surface area contributed by atoms with Gasteiger partial charge in [-0.2, -0.15) is 0 Å². The molecule has 2 amide bonds. The van der Waals surface area contributed by atoms with Gasteiger partial charge in [0, 0.05) is 0 Å². The number of aryl methyl sites for hydroxylation is 1. The van der Waals surface area contributed by atoms with E-state index in [1.165, 1.54) is 4.90 Å². The van der Waals surface area contributed by atoms with E-state index in [4.69, 9.17) is 16.6 Å². The molecule has 1 aliphatic heterocycles. The van der Waals surface area contributed by atoms with Crippen molar-refractivity contribution in [1.29, 1.82) is 5.41 Å². The third-order valence-electron chi connectivity index (χ3n) is 3.08. The molecule has 1 saturated heterocycles. The molecular weight excluding hydrogens is 242 g/mol. The van der Waals surface area contributed by atoms with E-state index >= 15 is 0 Å². The number of urea groups is 1. The molecule has 1 aliphatic rings. The Hall–Kier alpha value is -2.48. The predicted molar refractivity (Wildman–Crippen MR) is 72.3 cm³/mol. The van der Waals surface area contributed by atoms with E-state index in [-0.39, 0.29) is 18.4 Å². The van der Waals surface area contributed by atoms with E-state index in [1.54, 1.807) is 7.11 Å². The largest absolute Gasteiger partial charge is 0.496 e. The van der Waals surface area contributed by atoms with Gasteiger partial charge in [0.15, 0.2) is 0 Å². The zero-order valence-electron chi connectivity index (χ0n) is 10.9. The third kappa shape index (κ3) is 2.25. The number of hydrogen-bond acceptors (Lipinski definition) is 3. The number of amidine groups is 1. The van der Waals surface area contributed by atoms with Crippen LogP contribution < -0.4 is 10.1 Å². The molecule has 2 N–H and O–H groups in total. The normalized spacial score (nSPS) is 18.2. The van der Waals surface area contributed by atoms with Gasteiger partial charge < -0.3 is 4.74 Å². The number of ether oxygens (including phenoxy) is 1. The summed E-state index contributed by atoms with van der Waals surface area (Å²) in [6.45, 7) is 2.09. The van der Waals surface area contributed by atoms with Crippen molar-refractivity contribution in [2.24, 2.45) is 0 Å². The van der Waals surface area contributed by atoms with Crippen LogP contribution >= 0.6 is 0 Å². The minimum atomic E-state index is -0.451. The lowest BCUT2D eigenvalue weighted by atomic mass is 10.0. The van der Waals surface area contributed by atoms with Crippen LogP contribution in [0.4, 0.5) is 4.79 Å². The van der Waals surface area contributed by atoms with Crippen LogP contribution in [0.1, 0.15) is 17.2 Å². The van der Waals surface area contributed by atoms with Crippen LogP contribution in [0.3, 0.4) is 0 Å². The molecule has 1 unspecified atom stereocenters. The van der Waals surface area contributed by atoms with Crippen molar-refractivity contribution in [3.63, 3.8) is 0 Å². The molecule has 98 valence electrons. The van der Waals surface area contributed by atoms with Gasteiger partial charge in [-0.1, -0.05) is 12.0 Å². The molecule has 5 nitrogen and oxygen atoms in total. The molecule has 19 heavy (non-hydrogen) atoms. The molecule has 1 fully saturated rings. The smallest absolute Gasteiger partial charge is 0.324 e. The van der Waals surface area contributed by atoms with E-state index in [0.717, 1.165) is 16.9 Å². The average molecular weight is 257 g/mol. The molecule has 1 atom stereocenters. The van der Waals surface area contributed by atoms with Gasteiger partial charge in [-0.3, -0.25) is 15.6 Å². The summed E-state index contributed by atoms with van der Waals surface area (Å²) in [6, 6.07) is 4.79. The number of carbonyl (C=O) groups is 1. The van der Waals surface area contributed by atoms with E-state index in [0.29, 0.717) is 0 Å². The van der Waals surface area contributed by atoms with Gasteiger partial charge in [-0.05, 0) is 30.2 Å². The molecule has 0 spiro atoms. The highest BCUT2D eigenvalue weighted by atomic mass is 16.5. The van der Waals surface area contributed by atoms with Crippen molar-refractivity contribution in [2.45, 2.75) is 13.0 Å². The Morgan fingerprint density at radius 3 is 2.89 bits per heavy atom. The van der Waals surface area contributed by atoms with Crippen LogP contribution in [0.2, 0.25) is 0 Å². The minimum Gasteiger partial charge on any atom is -0.496 e. The second kappa shape index (κ2) is 5.02. The van der Waals surface area contributed by atoms with Gasteiger partial charge in [-0.25, -0.2) is 4.79 Å². The maximum Gasteiger partial charge on any atom is 0.324 e. The molecule has 0 radical (unpaired) electrons. The van der Waals surface area contributed by atoms with Crippen LogP contribution in [0.5, 0.6) is 5.75 Å². The Bertz CT molecular complexity index is 575. The highest BCUT2D eigenvalue weighted by Gasteiger charge is 2.36. The summed E-state index contributed by atoms with van der Waals surface area (Å²) in [7, 11) is 1.61. The van der Waals surface area contributed by atoms with Crippen LogP contribution in [0, 0.1) is 24.7 Å². The fraction of sp³-hybridized carbons (Fsp3) is 0.286. The van der Waals surface area contributed by atoms with E-state index in [9.17, 15) is 4.79 Å². The maximum atomic E-state index is 11.7. The Morgan fingerprint density at radius 1 is 1.58 bits per heavy atom. The lowest BCUT2D eigenvalue weighted by Gasteiger charge is -2.21. The quantitative estimate of drug-likeness (QED) is 0.809. The van der Waals surface area contributed by atoms with Crippen LogP contribution in [0.25, 0.3) is 0 Å². The number of carbonyl (C=O) groups excluding carboxylic acids is 1. The van der Waals surface area contributed by atoms with Gasteiger partial charge in [0.2, 0.25) is 0 Å². The molecule has 0 bridgehead atoms. The van der Waals surface area contributed by atoms with Crippen LogP contribution in [-0.2, 0) is 0 Å². The van der Waals surface area contributed by atoms with Gasteiger partial charge in [0.25, 0.3) is 0 Å². The number of nitrogens with one attached hydrogen (secondary N) is 2. The zero-order valence-corrected chi connectivity index (χ0v) is 10.9. The molecule has 1 heterocycles. The number of nitrogens with zero attached hydrogens (tertiary/aromatic N) is 1. The summed E-state index contributed by atoms with van der Waals surface area (Å²) in [5.41, 5.74) is 1.80. The number of terminal acetylenes is 1. The summed E-state index contributed by atoms with van der Waals surface area (Å²) in [4.78, 5) is 13.2. The second-order valence-electron chi connectivity index (χ2n) is 4.31. The lowest BCUT2D eigenvalue weighted by molar-refractivity contribution is 0.212.